The Hall–Kier alpha value is -0.0400. The lowest BCUT2D eigenvalue weighted by Gasteiger charge is -2.11. The molecule has 0 rings (SSSR count). The largest absolute Gasteiger partial charge is 0.328 e. The van der Waals surface area contributed by atoms with Crippen molar-refractivity contribution in [2.24, 2.45) is 5.73 Å². The molecule has 374 valence electrons. The summed E-state index contributed by atoms with van der Waals surface area (Å²) in [6.45, 7) is 4.62. The first-order valence-corrected chi connectivity index (χ1v) is 30.6. The lowest BCUT2D eigenvalue weighted by Crippen LogP contribution is -2.19. The molecule has 0 atom stereocenters. The number of hydrogen-bond donors (Lipinski definition) is 1. The molecular formula is C61H125N. The molecular weight excluding hydrogens is 747 g/mol. The summed E-state index contributed by atoms with van der Waals surface area (Å²) in [7, 11) is 0. The second kappa shape index (κ2) is 59.0. The van der Waals surface area contributed by atoms with Crippen LogP contribution >= 0.6 is 0 Å². The molecule has 0 heterocycles. The van der Waals surface area contributed by atoms with Crippen molar-refractivity contribution < 1.29 is 0 Å². The summed E-state index contributed by atoms with van der Waals surface area (Å²) in [5.74, 6) is 0. The Morgan fingerprint density at radius 2 is 0.258 bits per heavy atom. The van der Waals surface area contributed by atoms with Crippen LogP contribution in [0.25, 0.3) is 0 Å². The van der Waals surface area contributed by atoms with Crippen LogP contribution in [0.2, 0.25) is 0 Å². The van der Waals surface area contributed by atoms with Crippen molar-refractivity contribution in [1.29, 1.82) is 0 Å². The molecule has 0 amide bonds. The molecule has 0 aromatic heterocycles. The maximum absolute atomic E-state index is 6.49. The molecule has 0 aliphatic rings. The Bertz CT molecular complexity index is 671. The van der Waals surface area contributed by atoms with Gasteiger partial charge in [0.05, 0.1) is 0 Å². The maximum atomic E-state index is 6.49. The summed E-state index contributed by atoms with van der Waals surface area (Å²) >= 11 is 0. The van der Waals surface area contributed by atoms with Crippen LogP contribution in [0.4, 0.5) is 0 Å². The van der Waals surface area contributed by atoms with Gasteiger partial charge in [-0.15, -0.1) is 0 Å². The number of hydrogen-bond acceptors (Lipinski definition) is 1. The zero-order valence-corrected chi connectivity index (χ0v) is 44.2. The van der Waals surface area contributed by atoms with Gasteiger partial charge in [-0.05, 0) is 12.8 Å². The minimum atomic E-state index is 0.461. The first-order valence-electron chi connectivity index (χ1n) is 30.6. The van der Waals surface area contributed by atoms with Crippen molar-refractivity contribution in [1.82, 2.24) is 0 Å². The van der Waals surface area contributed by atoms with Gasteiger partial charge in [0.25, 0.3) is 0 Å². The Labute approximate surface area is 396 Å². The van der Waals surface area contributed by atoms with E-state index in [0.717, 1.165) is 0 Å². The minimum absolute atomic E-state index is 0.461. The molecule has 0 aliphatic heterocycles. The Morgan fingerprint density at radius 1 is 0.161 bits per heavy atom. The van der Waals surface area contributed by atoms with Crippen molar-refractivity contribution >= 4 is 0 Å². The molecule has 1 nitrogen and oxygen atoms in total. The topological polar surface area (TPSA) is 26.0 Å². The number of unbranched alkanes of at least 4 members (excludes halogenated alkanes) is 54. The van der Waals surface area contributed by atoms with Crippen LogP contribution in [-0.2, 0) is 0 Å². The van der Waals surface area contributed by atoms with E-state index in [1.54, 1.807) is 0 Å². The summed E-state index contributed by atoms with van der Waals surface area (Å²) in [6, 6.07) is 0.461. The molecule has 0 spiro atoms. The van der Waals surface area contributed by atoms with Gasteiger partial charge in [-0.1, -0.05) is 373 Å². The average molecular weight is 873 g/mol. The van der Waals surface area contributed by atoms with Crippen LogP contribution < -0.4 is 5.73 Å². The number of rotatable bonds is 58. The van der Waals surface area contributed by atoms with E-state index in [4.69, 9.17) is 5.73 Å². The quantitative estimate of drug-likeness (QED) is 0.0606. The van der Waals surface area contributed by atoms with Gasteiger partial charge in [-0.2, -0.15) is 0 Å². The predicted octanol–water partition coefficient (Wildman–Crippen LogP) is 23.0. The summed E-state index contributed by atoms with van der Waals surface area (Å²) < 4.78 is 0. The molecule has 0 radical (unpaired) electrons. The summed E-state index contributed by atoms with van der Waals surface area (Å²) in [6.07, 6.45) is 84.8. The van der Waals surface area contributed by atoms with Crippen molar-refractivity contribution in [3.05, 3.63) is 0 Å². The molecule has 62 heavy (non-hydrogen) atoms. The van der Waals surface area contributed by atoms with Gasteiger partial charge in [-0.25, -0.2) is 0 Å². The zero-order chi connectivity index (χ0) is 44.6. The summed E-state index contributed by atoms with van der Waals surface area (Å²) in [5.41, 5.74) is 6.49. The lowest BCUT2D eigenvalue weighted by molar-refractivity contribution is 0.477. The fourth-order valence-corrected chi connectivity index (χ4v) is 10.3. The van der Waals surface area contributed by atoms with E-state index in [1.165, 1.54) is 372 Å². The lowest BCUT2D eigenvalue weighted by atomic mass is 10.00. The minimum Gasteiger partial charge on any atom is -0.328 e. The van der Waals surface area contributed by atoms with E-state index < -0.39 is 0 Å². The van der Waals surface area contributed by atoms with Crippen LogP contribution in [0, 0.1) is 0 Å². The highest BCUT2D eigenvalue weighted by atomic mass is 14.6. The molecule has 0 unspecified atom stereocenters. The van der Waals surface area contributed by atoms with E-state index in [2.05, 4.69) is 13.8 Å². The Kier molecular flexibility index (Phi) is 58.9. The highest BCUT2D eigenvalue weighted by Gasteiger charge is 2.03. The van der Waals surface area contributed by atoms with Gasteiger partial charge in [0.2, 0.25) is 0 Å². The second-order valence-corrected chi connectivity index (χ2v) is 21.4. The van der Waals surface area contributed by atoms with E-state index in [1.807, 2.05) is 0 Å². The van der Waals surface area contributed by atoms with Crippen LogP contribution in [-0.4, -0.2) is 6.04 Å². The average Bonchev–Trinajstić information content (AvgIpc) is 3.28. The molecule has 0 fully saturated rings. The van der Waals surface area contributed by atoms with Gasteiger partial charge in [-0.3, -0.25) is 0 Å². The molecule has 0 aromatic rings. The maximum Gasteiger partial charge on any atom is 0.00388 e. The summed E-state index contributed by atoms with van der Waals surface area (Å²) in [4.78, 5) is 0. The van der Waals surface area contributed by atoms with Gasteiger partial charge < -0.3 is 5.73 Å². The predicted molar refractivity (Wildman–Crippen MR) is 287 cm³/mol. The van der Waals surface area contributed by atoms with E-state index in [0.29, 0.717) is 6.04 Å². The third-order valence-electron chi connectivity index (χ3n) is 14.9. The Balaban J connectivity index is 3.14. The third kappa shape index (κ3) is 58.0. The normalized spacial score (nSPS) is 11.8. The van der Waals surface area contributed by atoms with Crippen LogP contribution in [0.5, 0.6) is 0 Å². The molecule has 0 aliphatic carbocycles. The molecule has 0 bridgehead atoms. The highest BCUT2D eigenvalue weighted by Crippen LogP contribution is 2.19. The fourth-order valence-electron chi connectivity index (χ4n) is 10.3. The van der Waals surface area contributed by atoms with Crippen molar-refractivity contribution in [2.75, 3.05) is 0 Å². The standard InChI is InChI=1S/C61H125N/c1-3-5-7-9-11-13-15-17-19-21-23-25-27-29-31-33-35-37-39-41-43-45-47-49-51-53-55-57-59-61(62)60-58-56-54-52-50-48-46-44-42-40-38-36-34-32-30-28-26-24-22-20-18-16-14-12-10-8-6-4-2/h61H,3-60,62H2,1-2H3. The number of nitrogens with two attached hydrogens (primary N) is 1. The molecule has 0 aromatic carbocycles. The van der Waals surface area contributed by atoms with E-state index >= 15 is 0 Å². The highest BCUT2D eigenvalue weighted by molar-refractivity contribution is 4.62. The molecule has 0 saturated heterocycles. The zero-order valence-electron chi connectivity index (χ0n) is 44.2. The van der Waals surface area contributed by atoms with Crippen LogP contribution in [0.15, 0.2) is 0 Å². The summed E-state index contributed by atoms with van der Waals surface area (Å²) in [5, 5.41) is 0. The van der Waals surface area contributed by atoms with Crippen molar-refractivity contribution in [3.63, 3.8) is 0 Å². The first kappa shape index (κ1) is 62.0. The first-order chi connectivity index (χ1) is 30.8. The third-order valence-corrected chi connectivity index (χ3v) is 14.9. The van der Waals surface area contributed by atoms with Gasteiger partial charge in [0, 0.05) is 6.04 Å². The van der Waals surface area contributed by atoms with Gasteiger partial charge in [0.15, 0.2) is 0 Å². The van der Waals surface area contributed by atoms with E-state index in [9.17, 15) is 0 Å². The molecule has 1 heteroatoms. The van der Waals surface area contributed by atoms with Crippen LogP contribution in [0.3, 0.4) is 0 Å². The molecule has 0 saturated carbocycles. The second-order valence-electron chi connectivity index (χ2n) is 21.4. The van der Waals surface area contributed by atoms with E-state index in [-0.39, 0.29) is 0 Å². The smallest absolute Gasteiger partial charge is 0.00388 e. The Morgan fingerprint density at radius 3 is 0.371 bits per heavy atom. The van der Waals surface area contributed by atoms with Crippen molar-refractivity contribution in [2.45, 2.75) is 392 Å². The van der Waals surface area contributed by atoms with Gasteiger partial charge in [0.1, 0.15) is 0 Å². The SMILES string of the molecule is CCCCCCCCCCCCCCCCCCCCCCCCCCCCCCC(N)CCCCCCCCCCCCCCCCCCCCCCCCCCCCCC. The monoisotopic (exact) mass is 872 g/mol. The van der Waals surface area contributed by atoms with Crippen molar-refractivity contribution in [3.8, 4) is 0 Å². The van der Waals surface area contributed by atoms with Crippen LogP contribution in [0.1, 0.15) is 386 Å². The van der Waals surface area contributed by atoms with Gasteiger partial charge >= 0.3 is 0 Å². The fraction of sp³-hybridized carbons (Fsp3) is 1.00. The molecule has 2 N–H and O–H groups in total.